The van der Waals surface area contributed by atoms with Crippen LogP contribution in [0.15, 0.2) is 10.5 Å². The van der Waals surface area contributed by atoms with Gasteiger partial charge in [0.05, 0.1) is 31.3 Å². The van der Waals surface area contributed by atoms with E-state index >= 15 is 0 Å². The SMILES string of the molecule is COc1cc(C)c(OC)c(Br)c1C(N)CO. The van der Waals surface area contributed by atoms with Crippen molar-refractivity contribution in [3.63, 3.8) is 0 Å². The van der Waals surface area contributed by atoms with Crippen LogP contribution in [0.3, 0.4) is 0 Å². The molecule has 0 spiro atoms. The molecule has 0 aromatic heterocycles. The molecule has 1 atom stereocenters. The summed E-state index contributed by atoms with van der Waals surface area (Å²) in [5, 5.41) is 9.12. The Morgan fingerprint density at radius 2 is 2.06 bits per heavy atom. The summed E-state index contributed by atoms with van der Waals surface area (Å²) in [4.78, 5) is 0. The number of aliphatic hydroxyl groups excluding tert-OH is 1. The zero-order chi connectivity index (χ0) is 12.3. The lowest BCUT2D eigenvalue weighted by Crippen LogP contribution is -2.16. The van der Waals surface area contributed by atoms with E-state index in [1.807, 2.05) is 13.0 Å². The predicted molar refractivity (Wildman–Crippen MR) is 66.0 cm³/mol. The van der Waals surface area contributed by atoms with E-state index in [1.165, 1.54) is 0 Å². The fourth-order valence-corrected chi connectivity index (χ4v) is 2.56. The number of methoxy groups -OCH3 is 2. The third kappa shape index (κ3) is 2.31. The highest BCUT2D eigenvalue weighted by molar-refractivity contribution is 9.10. The van der Waals surface area contributed by atoms with Crippen molar-refractivity contribution in [1.82, 2.24) is 0 Å². The van der Waals surface area contributed by atoms with E-state index < -0.39 is 6.04 Å². The molecule has 0 aliphatic carbocycles. The molecule has 0 aliphatic rings. The number of halogens is 1. The summed E-state index contributed by atoms with van der Waals surface area (Å²) < 4.78 is 11.3. The van der Waals surface area contributed by atoms with E-state index in [9.17, 15) is 0 Å². The number of hydrogen-bond donors (Lipinski definition) is 2. The Morgan fingerprint density at radius 3 is 2.50 bits per heavy atom. The molecule has 0 saturated carbocycles. The molecule has 1 rings (SSSR count). The Kier molecular flexibility index (Phi) is 4.58. The molecule has 1 aromatic rings. The minimum absolute atomic E-state index is 0.152. The number of benzene rings is 1. The summed E-state index contributed by atoms with van der Waals surface area (Å²) in [6.45, 7) is 1.77. The standard InChI is InChI=1S/C11H16BrNO3/c1-6-4-8(15-2)9(7(13)5-14)10(12)11(6)16-3/h4,7,14H,5,13H2,1-3H3. The van der Waals surface area contributed by atoms with Crippen LogP contribution in [0.5, 0.6) is 11.5 Å². The molecule has 0 radical (unpaired) electrons. The van der Waals surface area contributed by atoms with E-state index in [0.29, 0.717) is 17.1 Å². The summed E-state index contributed by atoms with van der Waals surface area (Å²) in [5.74, 6) is 1.35. The van der Waals surface area contributed by atoms with Crippen molar-refractivity contribution in [3.05, 3.63) is 21.7 Å². The van der Waals surface area contributed by atoms with Gasteiger partial charge in [-0.15, -0.1) is 0 Å². The molecular formula is C11H16BrNO3. The molecule has 1 aromatic carbocycles. The van der Waals surface area contributed by atoms with Gasteiger partial charge in [-0.05, 0) is 34.5 Å². The maximum atomic E-state index is 9.12. The predicted octanol–water partition coefficient (Wildman–Crippen LogP) is 1.77. The maximum absolute atomic E-state index is 9.12. The van der Waals surface area contributed by atoms with E-state index in [4.69, 9.17) is 20.3 Å². The summed E-state index contributed by atoms with van der Waals surface area (Å²) in [6, 6.07) is 1.34. The Morgan fingerprint density at radius 1 is 1.44 bits per heavy atom. The second kappa shape index (κ2) is 5.52. The Hall–Kier alpha value is -0.780. The van der Waals surface area contributed by atoms with Gasteiger partial charge >= 0.3 is 0 Å². The van der Waals surface area contributed by atoms with Crippen LogP contribution in [0, 0.1) is 6.92 Å². The Labute approximate surface area is 103 Å². The first-order valence-corrected chi connectivity index (χ1v) is 5.63. The fraction of sp³-hybridized carbons (Fsp3) is 0.455. The highest BCUT2D eigenvalue weighted by Gasteiger charge is 2.20. The highest BCUT2D eigenvalue weighted by atomic mass is 79.9. The van der Waals surface area contributed by atoms with Crippen molar-refractivity contribution in [3.8, 4) is 11.5 Å². The molecule has 5 heteroatoms. The van der Waals surface area contributed by atoms with Gasteiger partial charge < -0.3 is 20.3 Å². The lowest BCUT2D eigenvalue weighted by Gasteiger charge is -2.19. The molecule has 4 nitrogen and oxygen atoms in total. The van der Waals surface area contributed by atoms with Crippen molar-refractivity contribution in [2.24, 2.45) is 5.73 Å². The van der Waals surface area contributed by atoms with Gasteiger partial charge in [0.25, 0.3) is 0 Å². The third-order valence-electron chi connectivity index (χ3n) is 2.40. The summed E-state index contributed by atoms with van der Waals surface area (Å²) in [7, 11) is 3.16. The Balaban J connectivity index is 3.43. The normalized spacial score (nSPS) is 12.4. The largest absolute Gasteiger partial charge is 0.496 e. The first-order valence-electron chi connectivity index (χ1n) is 4.84. The van der Waals surface area contributed by atoms with E-state index in [-0.39, 0.29) is 6.61 Å². The van der Waals surface area contributed by atoms with Crippen LogP contribution < -0.4 is 15.2 Å². The molecule has 0 bridgehead atoms. The lowest BCUT2D eigenvalue weighted by atomic mass is 10.0. The van der Waals surface area contributed by atoms with Crippen molar-refractivity contribution >= 4 is 15.9 Å². The van der Waals surface area contributed by atoms with Gasteiger partial charge in [0.2, 0.25) is 0 Å². The van der Waals surface area contributed by atoms with Gasteiger partial charge in [-0.1, -0.05) is 0 Å². The highest BCUT2D eigenvalue weighted by Crippen LogP contribution is 2.40. The van der Waals surface area contributed by atoms with E-state index in [1.54, 1.807) is 14.2 Å². The maximum Gasteiger partial charge on any atom is 0.136 e. The average Bonchev–Trinajstić information content (AvgIpc) is 2.27. The number of aliphatic hydroxyl groups is 1. The topological polar surface area (TPSA) is 64.7 Å². The first-order chi connectivity index (χ1) is 7.56. The van der Waals surface area contributed by atoms with Crippen molar-refractivity contribution in [1.29, 1.82) is 0 Å². The monoisotopic (exact) mass is 289 g/mol. The van der Waals surface area contributed by atoms with Crippen LogP contribution in [0.25, 0.3) is 0 Å². The zero-order valence-electron chi connectivity index (χ0n) is 9.58. The lowest BCUT2D eigenvalue weighted by molar-refractivity contribution is 0.263. The van der Waals surface area contributed by atoms with Crippen LogP contribution in [0.2, 0.25) is 0 Å². The summed E-state index contributed by atoms with van der Waals surface area (Å²) >= 11 is 3.43. The van der Waals surface area contributed by atoms with Gasteiger partial charge in [0.1, 0.15) is 11.5 Å². The van der Waals surface area contributed by atoms with Crippen molar-refractivity contribution < 1.29 is 14.6 Å². The minimum atomic E-state index is -0.501. The summed E-state index contributed by atoms with van der Waals surface area (Å²) in [6.07, 6.45) is 0. The second-order valence-electron chi connectivity index (χ2n) is 3.45. The number of hydrogen-bond acceptors (Lipinski definition) is 4. The second-order valence-corrected chi connectivity index (χ2v) is 4.24. The van der Waals surface area contributed by atoms with Gasteiger partial charge in [-0.2, -0.15) is 0 Å². The molecule has 0 fully saturated rings. The third-order valence-corrected chi connectivity index (χ3v) is 3.19. The number of ether oxygens (including phenoxy) is 2. The minimum Gasteiger partial charge on any atom is -0.496 e. The molecule has 0 amide bonds. The van der Waals surface area contributed by atoms with Crippen LogP contribution in [0.1, 0.15) is 17.2 Å². The van der Waals surface area contributed by atoms with Crippen LogP contribution >= 0.6 is 15.9 Å². The average molecular weight is 290 g/mol. The van der Waals surface area contributed by atoms with Crippen molar-refractivity contribution in [2.75, 3.05) is 20.8 Å². The van der Waals surface area contributed by atoms with Crippen LogP contribution in [0.4, 0.5) is 0 Å². The smallest absolute Gasteiger partial charge is 0.136 e. The van der Waals surface area contributed by atoms with E-state index in [0.717, 1.165) is 10.0 Å². The van der Waals surface area contributed by atoms with E-state index in [2.05, 4.69) is 15.9 Å². The molecule has 3 N–H and O–H groups in total. The number of aryl methyl sites for hydroxylation is 1. The van der Waals surface area contributed by atoms with Crippen LogP contribution in [-0.4, -0.2) is 25.9 Å². The Bertz CT molecular complexity index is 382. The first kappa shape index (κ1) is 13.3. The summed E-state index contributed by atoms with van der Waals surface area (Å²) in [5.41, 5.74) is 7.49. The van der Waals surface area contributed by atoms with Gasteiger partial charge in [-0.25, -0.2) is 0 Å². The zero-order valence-corrected chi connectivity index (χ0v) is 11.2. The molecule has 90 valence electrons. The molecular weight excluding hydrogens is 274 g/mol. The van der Waals surface area contributed by atoms with Gasteiger partial charge in [0.15, 0.2) is 0 Å². The number of nitrogens with two attached hydrogens (primary N) is 1. The van der Waals surface area contributed by atoms with Gasteiger partial charge in [0, 0.05) is 5.56 Å². The molecule has 1 unspecified atom stereocenters. The number of rotatable bonds is 4. The molecule has 16 heavy (non-hydrogen) atoms. The molecule has 0 saturated heterocycles. The quantitative estimate of drug-likeness (QED) is 0.887. The van der Waals surface area contributed by atoms with Crippen molar-refractivity contribution in [2.45, 2.75) is 13.0 Å². The van der Waals surface area contributed by atoms with Gasteiger partial charge in [-0.3, -0.25) is 0 Å². The molecule has 0 heterocycles. The fourth-order valence-electron chi connectivity index (χ4n) is 1.60. The van der Waals surface area contributed by atoms with Crippen LogP contribution in [-0.2, 0) is 0 Å². The molecule has 0 aliphatic heterocycles.